The van der Waals surface area contributed by atoms with Crippen LogP contribution in [0.3, 0.4) is 0 Å². The third-order valence-electron chi connectivity index (χ3n) is 5.24. The molecule has 7 nitrogen and oxygen atoms in total. The van der Waals surface area contributed by atoms with Gasteiger partial charge in [-0.3, -0.25) is 9.59 Å². The molecule has 166 valence electrons. The molecule has 0 radical (unpaired) electrons. The number of benzene rings is 2. The molecule has 0 bridgehead atoms. The number of hydrogen-bond acceptors (Lipinski definition) is 4. The van der Waals surface area contributed by atoms with E-state index < -0.39 is 22.0 Å². The largest absolute Gasteiger partial charge is 0.325 e. The second kappa shape index (κ2) is 9.20. The number of anilines is 2. The molecule has 0 aromatic heterocycles. The average molecular weight is 444 g/mol. The van der Waals surface area contributed by atoms with Crippen molar-refractivity contribution in [3.05, 3.63) is 53.6 Å². The van der Waals surface area contributed by atoms with E-state index in [-0.39, 0.29) is 16.7 Å². The van der Waals surface area contributed by atoms with Gasteiger partial charge in [-0.25, -0.2) is 8.42 Å². The predicted molar refractivity (Wildman–Crippen MR) is 122 cm³/mol. The standard InChI is InChI=1S/C23H29N3O4S/c1-15(2)12-21(23(28)24-19-7-5-6-16(3)13-19)25-31(29,30)20-8-9-22-18(14-20)10-11-26(22)17(4)27/h5-9,13-15,21,25H,10-12H2,1-4H3,(H,24,28). The Morgan fingerprint density at radius 1 is 1.13 bits per heavy atom. The van der Waals surface area contributed by atoms with Crippen molar-refractivity contribution in [3.8, 4) is 0 Å². The van der Waals surface area contributed by atoms with Gasteiger partial charge in [0.2, 0.25) is 21.8 Å². The second-order valence-corrected chi connectivity index (χ2v) is 10.1. The normalized spacial score (nSPS) is 14.4. The molecule has 2 aromatic carbocycles. The minimum Gasteiger partial charge on any atom is -0.325 e. The smallest absolute Gasteiger partial charge is 0.242 e. The maximum Gasteiger partial charge on any atom is 0.242 e. The van der Waals surface area contributed by atoms with Crippen LogP contribution in [0, 0.1) is 12.8 Å². The number of amides is 2. The lowest BCUT2D eigenvalue weighted by atomic mass is 10.0. The van der Waals surface area contributed by atoms with Gasteiger partial charge < -0.3 is 10.2 Å². The molecule has 2 amide bonds. The third kappa shape index (κ3) is 5.51. The van der Waals surface area contributed by atoms with Gasteiger partial charge in [-0.05, 0) is 67.1 Å². The molecule has 3 rings (SSSR count). The summed E-state index contributed by atoms with van der Waals surface area (Å²) in [6.45, 7) is 7.83. The Morgan fingerprint density at radius 2 is 1.87 bits per heavy atom. The van der Waals surface area contributed by atoms with Crippen molar-refractivity contribution in [2.24, 2.45) is 5.92 Å². The van der Waals surface area contributed by atoms with Crippen LogP contribution < -0.4 is 14.9 Å². The summed E-state index contributed by atoms with van der Waals surface area (Å²) < 4.78 is 28.7. The highest BCUT2D eigenvalue weighted by atomic mass is 32.2. The molecule has 2 aromatic rings. The SMILES string of the molecule is CC(=O)N1CCc2cc(S(=O)(=O)NC(CC(C)C)C(=O)Nc3cccc(C)c3)ccc21. The zero-order valence-corrected chi connectivity index (χ0v) is 19.1. The van der Waals surface area contributed by atoms with Gasteiger partial charge in [-0.2, -0.15) is 4.72 Å². The van der Waals surface area contributed by atoms with Crippen molar-refractivity contribution in [1.29, 1.82) is 0 Å². The van der Waals surface area contributed by atoms with Crippen molar-refractivity contribution < 1.29 is 18.0 Å². The van der Waals surface area contributed by atoms with Crippen molar-refractivity contribution in [1.82, 2.24) is 4.72 Å². The molecule has 0 fully saturated rings. The first-order chi connectivity index (χ1) is 14.6. The summed E-state index contributed by atoms with van der Waals surface area (Å²) in [5, 5.41) is 2.81. The zero-order valence-electron chi connectivity index (χ0n) is 18.3. The molecule has 1 heterocycles. The van der Waals surface area contributed by atoms with E-state index in [1.54, 1.807) is 23.1 Å². The molecule has 1 aliphatic rings. The van der Waals surface area contributed by atoms with Crippen LogP contribution in [0.5, 0.6) is 0 Å². The number of aryl methyl sites for hydroxylation is 1. The first-order valence-electron chi connectivity index (χ1n) is 10.4. The second-order valence-electron chi connectivity index (χ2n) is 8.37. The van der Waals surface area contributed by atoms with Crippen LogP contribution in [-0.4, -0.2) is 32.8 Å². The number of rotatable bonds is 7. The summed E-state index contributed by atoms with van der Waals surface area (Å²) in [6, 6.07) is 11.2. The lowest BCUT2D eigenvalue weighted by Crippen LogP contribution is -2.44. The number of carbonyl (C=O) groups is 2. The highest BCUT2D eigenvalue weighted by Crippen LogP contribution is 2.30. The fourth-order valence-corrected chi connectivity index (χ4v) is 5.02. The van der Waals surface area contributed by atoms with E-state index in [1.165, 1.54) is 13.0 Å². The maximum absolute atomic E-state index is 13.1. The fourth-order valence-electron chi connectivity index (χ4n) is 3.76. The van der Waals surface area contributed by atoms with Crippen molar-refractivity contribution in [3.63, 3.8) is 0 Å². The molecular formula is C23H29N3O4S. The number of sulfonamides is 1. The number of nitrogens with zero attached hydrogens (tertiary/aromatic N) is 1. The molecule has 2 N–H and O–H groups in total. The molecule has 8 heteroatoms. The molecule has 1 atom stereocenters. The van der Waals surface area contributed by atoms with E-state index in [1.807, 2.05) is 39.0 Å². The maximum atomic E-state index is 13.1. The van der Waals surface area contributed by atoms with Gasteiger partial charge in [-0.1, -0.05) is 26.0 Å². The monoisotopic (exact) mass is 443 g/mol. The highest BCUT2D eigenvalue weighted by Gasteiger charge is 2.29. The molecule has 1 unspecified atom stereocenters. The Bertz CT molecular complexity index is 1100. The van der Waals surface area contributed by atoms with Crippen LogP contribution in [-0.2, 0) is 26.0 Å². The highest BCUT2D eigenvalue weighted by molar-refractivity contribution is 7.89. The Kier molecular flexibility index (Phi) is 6.81. The Balaban J connectivity index is 1.82. The summed E-state index contributed by atoms with van der Waals surface area (Å²) in [5.74, 6) is -0.357. The van der Waals surface area contributed by atoms with Crippen LogP contribution in [0.15, 0.2) is 47.4 Å². The summed E-state index contributed by atoms with van der Waals surface area (Å²) in [6.07, 6.45) is 0.960. The van der Waals surface area contributed by atoms with Gasteiger partial charge in [0.1, 0.15) is 6.04 Å². The van der Waals surface area contributed by atoms with Crippen LogP contribution in [0.4, 0.5) is 11.4 Å². The van der Waals surface area contributed by atoms with E-state index in [2.05, 4.69) is 10.0 Å². The first kappa shape index (κ1) is 23.0. The van der Waals surface area contributed by atoms with Gasteiger partial charge in [-0.15, -0.1) is 0 Å². The lowest BCUT2D eigenvalue weighted by Gasteiger charge is -2.21. The zero-order chi connectivity index (χ0) is 22.8. The molecule has 31 heavy (non-hydrogen) atoms. The molecule has 1 aliphatic heterocycles. The number of nitrogens with one attached hydrogen (secondary N) is 2. The van der Waals surface area contributed by atoms with E-state index in [0.717, 1.165) is 16.8 Å². The summed E-state index contributed by atoms with van der Waals surface area (Å²) in [7, 11) is -3.92. The van der Waals surface area contributed by atoms with Crippen LogP contribution in [0.1, 0.15) is 38.3 Å². The van der Waals surface area contributed by atoms with E-state index in [4.69, 9.17) is 0 Å². The topological polar surface area (TPSA) is 95.6 Å². The third-order valence-corrected chi connectivity index (χ3v) is 6.71. The van der Waals surface area contributed by atoms with Gasteiger partial charge in [0.05, 0.1) is 4.90 Å². The molecular weight excluding hydrogens is 414 g/mol. The Hall–Kier alpha value is -2.71. The van der Waals surface area contributed by atoms with Crippen molar-refractivity contribution >= 4 is 33.2 Å². The van der Waals surface area contributed by atoms with Crippen molar-refractivity contribution in [2.75, 3.05) is 16.8 Å². The fraction of sp³-hybridized carbons (Fsp3) is 0.391. The van der Waals surface area contributed by atoms with Crippen LogP contribution in [0.2, 0.25) is 0 Å². The van der Waals surface area contributed by atoms with E-state index in [0.29, 0.717) is 25.1 Å². The average Bonchev–Trinajstić information content (AvgIpc) is 3.10. The lowest BCUT2D eigenvalue weighted by molar-refractivity contribution is -0.118. The summed E-state index contributed by atoms with van der Waals surface area (Å²) in [5.41, 5.74) is 3.17. The van der Waals surface area contributed by atoms with Gasteiger partial charge in [0.15, 0.2) is 0 Å². The number of hydrogen-bond donors (Lipinski definition) is 2. The van der Waals surface area contributed by atoms with E-state index in [9.17, 15) is 18.0 Å². The van der Waals surface area contributed by atoms with Crippen LogP contribution >= 0.6 is 0 Å². The molecule has 0 aliphatic carbocycles. The predicted octanol–water partition coefficient (Wildman–Crippen LogP) is 3.24. The van der Waals surface area contributed by atoms with E-state index >= 15 is 0 Å². The minimum atomic E-state index is -3.92. The van der Waals surface area contributed by atoms with Gasteiger partial charge in [0, 0.05) is 24.8 Å². The van der Waals surface area contributed by atoms with Gasteiger partial charge in [0.25, 0.3) is 0 Å². The number of carbonyl (C=O) groups excluding carboxylic acids is 2. The molecule has 0 saturated heterocycles. The summed E-state index contributed by atoms with van der Waals surface area (Å²) >= 11 is 0. The van der Waals surface area contributed by atoms with Crippen LogP contribution in [0.25, 0.3) is 0 Å². The Labute approximate surface area is 183 Å². The number of fused-ring (bicyclic) bond motifs is 1. The molecule has 0 spiro atoms. The minimum absolute atomic E-state index is 0.0719. The summed E-state index contributed by atoms with van der Waals surface area (Å²) in [4.78, 5) is 26.4. The van der Waals surface area contributed by atoms with Gasteiger partial charge >= 0.3 is 0 Å². The first-order valence-corrected chi connectivity index (χ1v) is 11.9. The quantitative estimate of drug-likeness (QED) is 0.687. The van der Waals surface area contributed by atoms with Crippen molar-refractivity contribution in [2.45, 2.75) is 51.5 Å². The molecule has 0 saturated carbocycles. The Morgan fingerprint density at radius 3 is 2.52 bits per heavy atom.